The second kappa shape index (κ2) is 8.93. The van der Waals surface area contributed by atoms with Crippen molar-refractivity contribution in [3.63, 3.8) is 0 Å². The molecule has 3 aromatic rings. The number of halogens is 1. The van der Waals surface area contributed by atoms with Gasteiger partial charge >= 0.3 is 0 Å². The fourth-order valence-corrected chi connectivity index (χ4v) is 2.74. The Labute approximate surface area is 158 Å². The van der Waals surface area contributed by atoms with Gasteiger partial charge in [-0.25, -0.2) is 4.39 Å². The van der Waals surface area contributed by atoms with Crippen LogP contribution in [-0.2, 0) is 6.54 Å². The van der Waals surface area contributed by atoms with Crippen molar-refractivity contribution >= 4 is 23.1 Å². The van der Waals surface area contributed by atoms with Gasteiger partial charge in [0.15, 0.2) is 5.82 Å². The fourth-order valence-electron chi connectivity index (χ4n) is 2.74. The molecule has 0 bridgehead atoms. The van der Waals surface area contributed by atoms with Gasteiger partial charge in [-0.1, -0.05) is 18.2 Å². The minimum absolute atomic E-state index is 0.251. The van der Waals surface area contributed by atoms with Crippen molar-refractivity contribution in [1.82, 2.24) is 15.2 Å². The predicted molar refractivity (Wildman–Crippen MR) is 107 cm³/mol. The van der Waals surface area contributed by atoms with Gasteiger partial charge < -0.3 is 15.5 Å². The molecule has 140 valence electrons. The van der Waals surface area contributed by atoms with Crippen molar-refractivity contribution in [2.45, 2.75) is 20.4 Å². The average Bonchev–Trinajstić information content (AvgIpc) is 2.70. The zero-order chi connectivity index (χ0) is 19.1. The number of aromatic nitrogens is 3. The van der Waals surface area contributed by atoms with Gasteiger partial charge in [-0.15, -0.1) is 5.10 Å². The van der Waals surface area contributed by atoms with Crippen molar-refractivity contribution in [2.24, 2.45) is 0 Å². The standard InChI is InChI=1S/C20H23FN6/c1-3-27(4-2)17-11-9-16(10-12-17)24-20-25-19(14-23-26-20)22-13-15-7-5-6-8-18(15)21/h5-12,14H,3-4,13H2,1-2H3,(H2,22,24,25,26). The summed E-state index contributed by atoms with van der Waals surface area (Å²) in [5.41, 5.74) is 2.61. The molecule has 0 amide bonds. The van der Waals surface area contributed by atoms with Crippen molar-refractivity contribution in [3.8, 4) is 0 Å². The predicted octanol–water partition coefficient (Wildman–Crippen LogP) is 4.21. The van der Waals surface area contributed by atoms with E-state index >= 15 is 0 Å². The summed E-state index contributed by atoms with van der Waals surface area (Å²) in [4.78, 5) is 6.65. The van der Waals surface area contributed by atoms with Crippen LogP contribution < -0.4 is 15.5 Å². The fraction of sp³-hybridized carbons (Fsp3) is 0.250. The molecule has 0 fully saturated rings. The van der Waals surface area contributed by atoms with Gasteiger partial charge in [0.05, 0.1) is 6.20 Å². The largest absolute Gasteiger partial charge is 0.372 e. The first-order chi connectivity index (χ1) is 13.2. The summed E-state index contributed by atoms with van der Waals surface area (Å²) in [5.74, 6) is 0.651. The quantitative estimate of drug-likeness (QED) is 0.622. The summed E-state index contributed by atoms with van der Waals surface area (Å²) in [6.07, 6.45) is 1.51. The molecule has 27 heavy (non-hydrogen) atoms. The molecule has 0 aliphatic carbocycles. The molecule has 1 heterocycles. The third-order valence-corrected chi connectivity index (χ3v) is 4.23. The number of nitrogens with zero attached hydrogens (tertiary/aromatic N) is 4. The Hall–Kier alpha value is -3.22. The Morgan fingerprint density at radius 3 is 2.44 bits per heavy atom. The summed E-state index contributed by atoms with van der Waals surface area (Å²) in [6, 6.07) is 14.7. The third-order valence-electron chi connectivity index (χ3n) is 4.23. The molecule has 0 saturated carbocycles. The van der Waals surface area contributed by atoms with Gasteiger partial charge in [-0.3, -0.25) is 0 Å². The molecule has 0 spiro atoms. The SMILES string of the molecule is CCN(CC)c1ccc(Nc2nncc(NCc3ccccc3F)n2)cc1. The highest BCUT2D eigenvalue weighted by molar-refractivity contribution is 5.59. The topological polar surface area (TPSA) is 66.0 Å². The molecular weight excluding hydrogens is 343 g/mol. The lowest BCUT2D eigenvalue weighted by molar-refractivity contribution is 0.613. The number of hydrogen-bond acceptors (Lipinski definition) is 6. The minimum Gasteiger partial charge on any atom is -0.372 e. The number of anilines is 4. The smallest absolute Gasteiger partial charge is 0.249 e. The number of rotatable bonds is 8. The molecule has 6 nitrogen and oxygen atoms in total. The number of nitrogens with one attached hydrogen (secondary N) is 2. The van der Waals surface area contributed by atoms with Gasteiger partial charge in [0.1, 0.15) is 5.82 Å². The molecule has 0 saturated heterocycles. The minimum atomic E-state index is -0.251. The molecule has 0 aliphatic rings. The monoisotopic (exact) mass is 366 g/mol. The zero-order valence-electron chi connectivity index (χ0n) is 15.5. The Balaban J connectivity index is 1.64. The maximum Gasteiger partial charge on any atom is 0.249 e. The first-order valence-corrected chi connectivity index (χ1v) is 8.98. The highest BCUT2D eigenvalue weighted by Gasteiger charge is 2.05. The Bertz CT molecular complexity index is 864. The molecule has 3 rings (SSSR count). The lowest BCUT2D eigenvalue weighted by atomic mass is 10.2. The number of benzene rings is 2. The number of hydrogen-bond donors (Lipinski definition) is 2. The van der Waals surface area contributed by atoms with E-state index in [-0.39, 0.29) is 5.82 Å². The summed E-state index contributed by atoms with van der Waals surface area (Å²) in [7, 11) is 0. The molecule has 0 radical (unpaired) electrons. The first kappa shape index (κ1) is 18.6. The van der Waals surface area contributed by atoms with E-state index in [0.29, 0.717) is 23.9 Å². The van der Waals surface area contributed by atoms with Gasteiger partial charge in [-0.05, 0) is 44.2 Å². The van der Waals surface area contributed by atoms with E-state index in [1.54, 1.807) is 18.2 Å². The Morgan fingerprint density at radius 2 is 1.74 bits per heavy atom. The van der Waals surface area contributed by atoms with E-state index in [1.165, 1.54) is 18.0 Å². The molecule has 1 aromatic heterocycles. The van der Waals surface area contributed by atoms with Gasteiger partial charge in [-0.2, -0.15) is 10.1 Å². The van der Waals surface area contributed by atoms with Crippen LogP contribution >= 0.6 is 0 Å². The Kier molecular flexibility index (Phi) is 6.14. The molecule has 2 N–H and O–H groups in total. The van der Waals surface area contributed by atoms with Crippen molar-refractivity contribution in [1.29, 1.82) is 0 Å². The lowest BCUT2D eigenvalue weighted by Crippen LogP contribution is -2.21. The highest BCUT2D eigenvalue weighted by atomic mass is 19.1. The van der Waals surface area contributed by atoms with Crippen LogP contribution in [0.2, 0.25) is 0 Å². The van der Waals surface area contributed by atoms with E-state index in [0.717, 1.165) is 18.8 Å². The average molecular weight is 366 g/mol. The van der Waals surface area contributed by atoms with E-state index < -0.39 is 0 Å². The van der Waals surface area contributed by atoms with E-state index in [9.17, 15) is 4.39 Å². The van der Waals surface area contributed by atoms with E-state index in [2.05, 4.69) is 56.7 Å². The van der Waals surface area contributed by atoms with Crippen LogP contribution in [0.15, 0.2) is 54.7 Å². The van der Waals surface area contributed by atoms with Crippen molar-refractivity contribution < 1.29 is 4.39 Å². The Morgan fingerprint density at radius 1 is 1.00 bits per heavy atom. The van der Waals surface area contributed by atoms with Crippen molar-refractivity contribution in [3.05, 3.63) is 66.1 Å². The van der Waals surface area contributed by atoms with E-state index in [4.69, 9.17) is 0 Å². The lowest BCUT2D eigenvalue weighted by Gasteiger charge is -2.21. The van der Waals surface area contributed by atoms with Crippen molar-refractivity contribution in [2.75, 3.05) is 28.6 Å². The molecule has 0 unspecified atom stereocenters. The summed E-state index contributed by atoms with van der Waals surface area (Å²) in [6.45, 7) is 6.52. The summed E-state index contributed by atoms with van der Waals surface area (Å²) >= 11 is 0. The maximum atomic E-state index is 13.7. The van der Waals surface area contributed by atoms with Crippen LogP contribution in [-0.4, -0.2) is 28.3 Å². The highest BCUT2D eigenvalue weighted by Crippen LogP contribution is 2.20. The first-order valence-electron chi connectivity index (χ1n) is 8.98. The molecule has 2 aromatic carbocycles. The normalized spacial score (nSPS) is 10.5. The summed E-state index contributed by atoms with van der Waals surface area (Å²) < 4.78 is 13.7. The molecule has 0 atom stereocenters. The maximum absolute atomic E-state index is 13.7. The second-order valence-electron chi connectivity index (χ2n) is 5.95. The van der Waals surface area contributed by atoms with Gasteiger partial charge in [0, 0.05) is 36.6 Å². The molecule has 0 aliphatic heterocycles. The van der Waals surface area contributed by atoms with Crippen LogP contribution in [0.5, 0.6) is 0 Å². The van der Waals surface area contributed by atoms with Gasteiger partial charge in [0.25, 0.3) is 0 Å². The van der Waals surface area contributed by atoms with E-state index in [1.807, 2.05) is 12.1 Å². The van der Waals surface area contributed by atoms with Crippen LogP contribution in [0.3, 0.4) is 0 Å². The zero-order valence-corrected chi connectivity index (χ0v) is 15.5. The second-order valence-corrected chi connectivity index (χ2v) is 5.95. The molecule has 7 heteroatoms. The van der Waals surface area contributed by atoms with Gasteiger partial charge in [0.2, 0.25) is 5.95 Å². The van der Waals surface area contributed by atoms with Crippen LogP contribution in [0.4, 0.5) is 27.5 Å². The summed E-state index contributed by atoms with van der Waals surface area (Å²) in [5, 5.41) is 14.2. The van der Waals surface area contributed by atoms with Crippen LogP contribution in [0, 0.1) is 5.82 Å². The van der Waals surface area contributed by atoms with Crippen LogP contribution in [0.25, 0.3) is 0 Å². The van der Waals surface area contributed by atoms with Crippen LogP contribution in [0.1, 0.15) is 19.4 Å². The third kappa shape index (κ3) is 4.91. The molecular formula is C20H23FN6.